The fourth-order valence-corrected chi connectivity index (χ4v) is 1.08. The third-order valence-corrected chi connectivity index (χ3v) is 1.99. The summed E-state index contributed by atoms with van der Waals surface area (Å²) in [5, 5.41) is 0. The van der Waals surface area contributed by atoms with Crippen molar-refractivity contribution in [1.82, 2.24) is 9.97 Å². The Hall–Kier alpha value is -1.12. The van der Waals surface area contributed by atoms with Crippen LogP contribution in [-0.2, 0) is 0 Å². The number of nitrogens with zero attached hydrogens (tertiary/aromatic N) is 2. The summed E-state index contributed by atoms with van der Waals surface area (Å²) in [5.74, 6) is 1.79. The minimum atomic E-state index is 0.467. The number of aromatic nitrogens is 2. The summed E-state index contributed by atoms with van der Waals surface area (Å²) in [6.45, 7) is 6.14. The van der Waals surface area contributed by atoms with Crippen molar-refractivity contribution >= 4 is 5.82 Å². The minimum absolute atomic E-state index is 0.467. The maximum absolute atomic E-state index is 5.60. The van der Waals surface area contributed by atoms with Crippen molar-refractivity contribution in [2.75, 3.05) is 5.73 Å². The zero-order valence-corrected chi connectivity index (χ0v) is 7.83. The molecule has 2 N–H and O–H groups in total. The molecule has 1 rings (SSSR count). The molecule has 66 valence electrons. The summed E-state index contributed by atoms with van der Waals surface area (Å²) < 4.78 is 0. The van der Waals surface area contributed by atoms with Gasteiger partial charge < -0.3 is 5.73 Å². The molecule has 0 aliphatic rings. The van der Waals surface area contributed by atoms with E-state index in [1.165, 1.54) is 0 Å². The zero-order valence-electron chi connectivity index (χ0n) is 7.83. The number of aryl methyl sites for hydroxylation is 1. The summed E-state index contributed by atoms with van der Waals surface area (Å²) in [6.07, 6.45) is 1.08. The molecule has 0 amide bonds. The molecule has 1 unspecified atom stereocenters. The SMILES string of the molecule is CCC(C)c1cc(N)nc(C)n1. The molecule has 0 saturated carbocycles. The number of anilines is 1. The molecule has 0 aliphatic carbocycles. The average molecular weight is 165 g/mol. The summed E-state index contributed by atoms with van der Waals surface area (Å²) in [4.78, 5) is 8.33. The van der Waals surface area contributed by atoms with Gasteiger partial charge >= 0.3 is 0 Å². The van der Waals surface area contributed by atoms with Gasteiger partial charge in [0.25, 0.3) is 0 Å². The molecule has 0 spiro atoms. The van der Waals surface area contributed by atoms with Crippen LogP contribution in [0, 0.1) is 6.92 Å². The lowest BCUT2D eigenvalue weighted by Gasteiger charge is -2.08. The van der Waals surface area contributed by atoms with Crippen molar-refractivity contribution in [3.05, 3.63) is 17.6 Å². The summed E-state index contributed by atoms with van der Waals surface area (Å²) in [5.41, 5.74) is 6.64. The molecule has 1 atom stereocenters. The number of hydrogen-bond donors (Lipinski definition) is 1. The van der Waals surface area contributed by atoms with Gasteiger partial charge in [-0.1, -0.05) is 13.8 Å². The first-order valence-electron chi connectivity index (χ1n) is 4.24. The number of rotatable bonds is 2. The van der Waals surface area contributed by atoms with Crippen molar-refractivity contribution in [2.24, 2.45) is 0 Å². The highest BCUT2D eigenvalue weighted by Gasteiger charge is 2.05. The van der Waals surface area contributed by atoms with Gasteiger partial charge in [0, 0.05) is 11.8 Å². The molecule has 12 heavy (non-hydrogen) atoms. The summed E-state index contributed by atoms with van der Waals surface area (Å²) in [7, 11) is 0. The van der Waals surface area contributed by atoms with Crippen LogP contribution in [0.2, 0.25) is 0 Å². The molecule has 3 heteroatoms. The number of nitrogen functional groups attached to an aromatic ring is 1. The van der Waals surface area contributed by atoms with E-state index in [1.807, 2.05) is 13.0 Å². The highest BCUT2D eigenvalue weighted by molar-refractivity contribution is 5.30. The second-order valence-corrected chi connectivity index (χ2v) is 3.07. The highest BCUT2D eigenvalue weighted by Crippen LogP contribution is 2.17. The summed E-state index contributed by atoms with van der Waals surface area (Å²) in [6, 6.07) is 1.85. The smallest absolute Gasteiger partial charge is 0.127 e. The normalized spacial score (nSPS) is 12.9. The Balaban J connectivity index is 3.00. The van der Waals surface area contributed by atoms with Gasteiger partial charge in [0.1, 0.15) is 11.6 Å². The Morgan fingerprint density at radius 3 is 2.67 bits per heavy atom. The first kappa shape index (κ1) is 8.97. The maximum atomic E-state index is 5.60. The van der Waals surface area contributed by atoms with Gasteiger partial charge in [0.05, 0.1) is 0 Å². The highest BCUT2D eigenvalue weighted by atomic mass is 14.9. The van der Waals surface area contributed by atoms with Crippen molar-refractivity contribution in [3.8, 4) is 0 Å². The van der Waals surface area contributed by atoms with E-state index in [4.69, 9.17) is 5.73 Å². The predicted octanol–water partition coefficient (Wildman–Crippen LogP) is 1.88. The van der Waals surface area contributed by atoms with Gasteiger partial charge in [0.15, 0.2) is 0 Å². The second kappa shape index (κ2) is 3.52. The molecule has 1 heterocycles. The standard InChI is InChI=1S/C9H15N3/c1-4-6(2)8-5-9(10)12-7(3)11-8/h5-6H,4H2,1-3H3,(H2,10,11,12). The predicted molar refractivity (Wildman–Crippen MR) is 49.9 cm³/mol. The van der Waals surface area contributed by atoms with Crippen LogP contribution in [0.3, 0.4) is 0 Å². The molecule has 0 aliphatic heterocycles. The lowest BCUT2D eigenvalue weighted by atomic mass is 10.1. The average Bonchev–Trinajstić information content (AvgIpc) is 2.01. The van der Waals surface area contributed by atoms with Crippen molar-refractivity contribution in [1.29, 1.82) is 0 Å². The van der Waals surface area contributed by atoms with E-state index in [1.54, 1.807) is 0 Å². The van der Waals surface area contributed by atoms with Crippen LogP contribution < -0.4 is 5.73 Å². The van der Waals surface area contributed by atoms with E-state index in [0.29, 0.717) is 11.7 Å². The van der Waals surface area contributed by atoms with Crippen molar-refractivity contribution in [3.63, 3.8) is 0 Å². The van der Waals surface area contributed by atoms with Crippen LogP contribution in [0.15, 0.2) is 6.07 Å². The molecule has 1 aromatic rings. The minimum Gasteiger partial charge on any atom is -0.384 e. The lowest BCUT2D eigenvalue weighted by Crippen LogP contribution is -2.02. The van der Waals surface area contributed by atoms with Crippen LogP contribution in [0.25, 0.3) is 0 Å². The molecule has 0 fully saturated rings. The van der Waals surface area contributed by atoms with Gasteiger partial charge in [-0.2, -0.15) is 0 Å². The van der Waals surface area contributed by atoms with Gasteiger partial charge in [-0.3, -0.25) is 0 Å². The Morgan fingerprint density at radius 1 is 1.50 bits per heavy atom. The maximum Gasteiger partial charge on any atom is 0.127 e. The van der Waals surface area contributed by atoms with E-state index >= 15 is 0 Å². The fourth-order valence-electron chi connectivity index (χ4n) is 1.08. The Kier molecular flexibility index (Phi) is 2.63. The number of nitrogens with two attached hydrogens (primary N) is 1. The second-order valence-electron chi connectivity index (χ2n) is 3.07. The van der Waals surface area contributed by atoms with E-state index in [0.717, 1.165) is 17.9 Å². The Labute approximate surface area is 73.0 Å². The zero-order chi connectivity index (χ0) is 9.14. The van der Waals surface area contributed by atoms with Crippen molar-refractivity contribution in [2.45, 2.75) is 33.1 Å². The fraction of sp³-hybridized carbons (Fsp3) is 0.556. The van der Waals surface area contributed by atoms with Gasteiger partial charge in [0.2, 0.25) is 0 Å². The quantitative estimate of drug-likeness (QED) is 0.728. The van der Waals surface area contributed by atoms with E-state index in [-0.39, 0.29) is 0 Å². The van der Waals surface area contributed by atoms with E-state index in [2.05, 4.69) is 23.8 Å². The third kappa shape index (κ3) is 1.94. The van der Waals surface area contributed by atoms with Crippen LogP contribution in [-0.4, -0.2) is 9.97 Å². The van der Waals surface area contributed by atoms with E-state index < -0.39 is 0 Å². The van der Waals surface area contributed by atoms with Gasteiger partial charge in [-0.25, -0.2) is 9.97 Å². The van der Waals surface area contributed by atoms with E-state index in [9.17, 15) is 0 Å². The monoisotopic (exact) mass is 165 g/mol. The number of hydrogen-bond acceptors (Lipinski definition) is 3. The molecule has 0 bridgehead atoms. The topological polar surface area (TPSA) is 51.8 Å². The lowest BCUT2D eigenvalue weighted by molar-refractivity contribution is 0.700. The Bertz CT molecular complexity index is 250. The van der Waals surface area contributed by atoms with Crippen LogP contribution in [0.4, 0.5) is 5.82 Å². The molecule has 0 radical (unpaired) electrons. The first-order chi connectivity index (χ1) is 5.63. The summed E-state index contributed by atoms with van der Waals surface area (Å²) >= 11 is 0. The van der Waals surface area contributed by atoms with Crippen LogP contribution >= 0.6 is 0 Å². The molecule has 0 saturated heterocycles. The van der Waals surface area contributed by atoms with Gasteiger partial charge in [-0.05, 0) is 19.3 Å². The van der Waals surface area contributed by atoms with Crippen LogP contribution in [0.5, 0.6) is 0 Å². The Morgan fingerprint density at radius 2 is 2.17 bits per heavy atom. The third-order valence-electron chi connectivity index (χ3n) is 1.99. The molecular weight excluding hydrogens is 150 g/mol. The first-order valence-corrected chi connectivity index (χ1v) is 4.24. The molecule has 1 aromatic heterocycles. The largest absolute Gasteiger partial charge is 0.384 e. The van der Waals surface area contributed by atoms with Gasteiger partial charge in [-0.15, -0.1) is 0 Å². The molecule has 3 nitrogen and oxygen atoms in total. The van der Waals surface area contributed by atoms with Crippen molar-refractivity contribution < 1.29 is 0 Å². The molecule has 0 aromatic carbocycles. The van der Waals surface area contributed by atoms with Crippen LogP contribution in [0.1, 0.15) is 37.7 Å². The molecular formula is C9H15N3.